The lowest BCUT2D eigenvalue weighted by molar-refractivity contribution is 0.160. The third-order valence-electron chi connectivity index (χ3n) is 1.95. The quantitative estimate of drug-likeness (QED) is 0.467. The Hall–Kier alpha value is -1.36. The number of phenolic OH excluding ortho intramolecular Hbond substituents is 1. The lowest BCUT2D eigenvalue weighted by Crippen LogP contribution is -2.40. The van der Waals surface area contributed by atoms with Gasteiger partial charge in [0.05, 0.1) is 0 Å². The van der Waals surface area contributed by atoms with Crippen LogP contribution >= 0.6 is 0 Å². The van der Waals surface area contributed by atoms with Crippen LogP contribution in [0.25, 0.3) is 0 Å². The van der Waals surface area contributed by atoms with E-state index in [9.17, 15) is 21.4 Å². The van der Waals surface area contributed by atoms with Crippen molar-refractivity contribution in [2.75, 3.05) is 0 Å². The molecule has 0 unspecified atom stereocenters. The van der Waals surface area contributed by atoms with Gasteiger partial charge in [0.15, 0.2) is 0 Å². The zero-order valence-corrected chi connectivity index (χ0v) is 11.6. The van der Waals surface area contributed by atoms with E-state index in [0.717, 1.165) is 26.0 Å². The van der Waals surface area contributed by atoms with Crippen LogP contribution in [0.5, 0.6) is 11.5 Å². The molecule has 0 saturated heterocycles. The molecule has 0 atom stereocenters. The van der Waals surface area contributed by atoms with E-state index in [-0.39, 0.29) is 11.5 Å². The number of benzene rings is 1. The van der Waals surface area contributed by atoms with Gasteiger partial charge in [0.2, 0.25) is 15.3 Å². The van der Waals surface area contributed by atoms with E-state index in [2.05, 4.69) is 8.37 Å². The fourth-order valence-corrected chi connectivity index (χ4v) is 2.66. The van der Waals surface area contributed by atoms with Crippen LogP contribution in [0.2, 0.25) is 0 Å². The third-order valence-corrected chi connectivity index (χ3v) is 4.37. The maximum atomic E-state index is 11.8. The summed E-state index contributed by atoms with van der Waals surface area (Å²) in [6.45, 7) is 1.72. The molecule has 0 aliphatic rings. The lowest BCUT2D eigenvalue weighted by Gasteiger charge is -2.25. The predicted molar refractivity (Wildman–Crippen MR) is 62.5 cm³/mol. The second-order valence-corrected chi connectivity index (χ2v) is 6.96. The number of hydrogen-bond acceptors (Lipinski definition) is 8. The Morgan fingerprint density at radius 1 is 1.11 bits per heavy atom. The summed E-state index contributed by atoms with van der Waals surface area (Å²) < 4.78 is 63.5. The fraction of sp³-hybridized carbons (Fsp3) is 0.333. The molecular formula is C9H11O8S2-. The van der Waals surface area contributed by atoms with E-state index in [0.29, 0.717) is 0 Å². The molecule has 0 heterocycles. The van der Waals surface area contributed by atoms with Crippen molar-refractivity contribution in [3.05, 3.63) is 24.3 Å². The van der Waals surface area contributed by atoms with Gasteiger partial charge in [-0.3, -0.25) is 4.18 Å². The molecule has 0 aliphatic heterocycles. The molecule has 0 spiro atoms. The molecule has 1 rings (SSSR count). The summed E-state index contributed by atoms with van der Waals surface area (Å²) in [5.41, 5.74) is 0. The van der Waals surface area contributed by atoms with E-state index in [1.807, 2.05) is 0 Å². The Morgan fingerprint density at radius 3 is 2.00 bits per heavy atom. The smallest absolute Gasteiger partial charge is 0.340 e. The molecule has 0 bridgehead atoms. The van der Waals surface area contributed by atoms with Crippen molar-refractivity contribution in [3.63, 3.8) is 0 Å². The Bertz CT molecular complexity index is 642. The average molecular weight is 311 g/mol. The Labute approximate surface area is 110 Å². The van der Waals surface area contributed by atoms with Crippen LogP contribution in [0.3, 0.4) is 0 Å². The SMILES string of the molecule is CC(C)(OS(=O)(=O)[O-])S(=O)(=O)Oc1ccc(O)cc1. The van der Waals surface area contributed by atoms with Crippen molar-refractivity contribution in [1.82, 2.24) is 0 Å². The van der Waals surface area contributed by atoms with Crippen LogP contribution in [-0.2, 0) is 24.7 Å². The first-order valence-corrected chi connectivity index (χ1v) is 7.57. The highest BCUT2D eigenvalue weighted by atomic mass is 32.3. The summed E-state index contributed by atoms with van der Waals surface area (Å²) >= 11 is 0. The molecular weight excluding hydrogens is 300 g/mol. The Morgan fingerprint density at radius 2 is 1.58 bits per heavy atom. The van der Waals surface area contributed by atoms with Crippen LogP contribution in [0.15, 0.2) is 24.3 Å². The topological polar surface area (TPSA) is 130 Å². The molecule has 10 heteroatoms. The maximum Gasteiger partial charge on any atom is 0.340 e. The van der Waals surface area contributed by atoms with Crippen molar-refractivity contribution in [2.45, 2.75) is 18.8 Å². The summed E-state index contributed by atoms with van der Waals surface area (Å²) in [4.78, 5) is -2.38. The van der Waals surface area contributed by atoms with Crippen LogP contribution in [0.4, 0.5) is 0 Å². The average Bonchev–Trinajstić information content (AvgIpc) is 2.17. The van der Waals surface area contributed by atoms with E-state index in [1.165, 1.54) is 12.1 Å². The van der Waals surface area contributed by atoms with Crippen molar-refractivity contribution in [2.24, 2.45) is 0 Å². The second-order valence-electron chi connectivity index (χ2n) is 3.92. The molecule has 0 aliphatic carbocycles. The van der Waals surface area contributed by atoms with Crippen LogP contribution in [0.1, 0.15) is 13.8 Å². The van der Waals surface area contributed by atoms with E-state index < -0.39 is 25.5 Å². The van der Waals surface area contributed by atoms with Crippen molar-refractivity contribution >= 4 is 20.5 Å². The summed E-state index contributed by atoms with van der Waals surface area (Å²) in [5, 5.41) is 9.02. The first kappa shape index (κ1) is 15.7. The van der Waals surface area contributed by atoms with Gasteiger partial charge in [-0.25, -0.2) is 8.42 Å². The molecule has 0 radical (unpaired) electrons. The van der Waals surface area contributed by atoms with E-state index >= 15 is 0 Å². The first-order chi connectivity index (χ1) is 8.43. The van der Waals surface area contributed by atoms with Gasteiger partial charge in [0, 0.05) is 0 Å². The van der Waals surface area contributed by atoms with Gasteiger partial charge in [-0.15, -0.1) is 0 Å². The minimum Gasteiger partial charge on any atom is -0.725 e. The first-order valence-electron chi connectivity index (χ1n) is 4.82. The molecule has 0 amide bonds. The Kier molecular flexibility index (Phi) is 4.10. The molecule has 0 aromatic heterocycles. The van der Waals surface area contributed by atoms with Gasteiger partial charge >= 0.3 is 10.1 Å². The van der Waals surface area contributed by atoms with Gasteiger partial charge in [-0.2, -0.15) is 8.42 Å². The van der Waals surface area contributed by atoms with E-state index in [4.69, 9.17) is 5.11 Å². The van der Waals surface area contributed by atoms with Gasteiger partial charge in [-0.05, 0) is 38.1 Å². The van der Waals surface area contributed by atoms with Gasteiger partial charge in [0.25, 0.3) is 0 Å². The molecule has 1 N–H and O–H groups in total. The van der Waals surface area contributed by atoms with Crippen LogP contribution in [0, 0.1) is 0 Å². The molecule has 108 valence electrons. The third kappa shape index (κ3) is 4.35. The van der Waals surface area contributed by atoms with E-state index in [1.54, 1.807) is 0 Å². The summed E-state index contributed by atoms with van der Waals surface area (Å²) in [7, 11) is -9.76. The molecule has 1 aromatic rings. The molecule has 0 fully saturated rings. The highest BCUT2D eigenvalue weighted by Gasteiger charge is 2.40. The predicted octanol–water partition coefficient (Wildman–Crippen LogP) is 0.314. The minimum atomic E-state index is -5.21. The molecule has 1 aromatic carbocycles. The van der Waals surface area contributed by atoms with Crippen molar-refractivity contribution < 1.29 is 34.9 Å². The monoisotopic (exact) mass is 311 g/mol. The lowest BCUT2D eigenvalue weighted by atomic mass is 10.3. The van der Waals surface area contributed by atoms with Gasteiger partial charge < -0.3 is 13.8 Å². The highest BCUT2D eigenvalue weighted by molar-refractivity contribution is 7.89. The number of rotatable bonds is 5. The second kappa shape index (κ2) is 4.96. The van der Waals surface area contributed by atoms with Crippen LogP contribution < -0.4 is 4.18 Å². The summed E-state index contributed by atoms with van der Waals surface area (Å²) in [6.07, 6.45) is 0. The molecule has 19 heavy (non-hydrogen) atoms. The Balaban J connectivity index is 3.01. The maximum absolute atomic E-state index is 11.8. The number of phenols is 1. The zero-order valence-electron chi connectivity index (χ0n) is 9.93. The standard InChI is InChI=1S/C9H12O8S2/c1-9(2,17-19(13,14)15)18(11,12)16-8-5-3-7(10)4-6-8/h3-6,10H,1-2H3,(H,13,14,15)/p-1. The number of aromatic hydroxyl groups is 1. The fourth-order valence-electron chi connectivity index (χ4n) is 1.02. The van der Waals surface area contributed by atoms with Crippen molar-refractivity contribution in [3.8, 4) is 11.5 Å². The summed E-state index contributed by atoms with van der Waals surface area (Å²) in [5.74, 6) is -0.278. The van der Waals surface area contributed by atoms with Gasteiger partial charge in [0.1, 0.15) is 11.5 Å². The molecule has 0 saturated carbocycles. The van der Waals surface area contributed by atoms with Gasteiger partial charge in [-0.1, -0.05) is 0 Å². The zero-order chi connectivity index (χ0) is 14.9. The normalized spacial score (nSPS) is 13.2. The number of hydrogen-bond donors (Lipinski definition) is 1. The van der Waals surface area contributed by atoms with Crippen LogP contribution in [-0.4, -0.2) is 31.4 Å². The highest BCUT2D eigenvalue weighted by Crippen LogP contribution is 2.25. The summed E-state index contributed by atoms with van der Waals surface area (Å²) in [6, 6.07) is 4.63. The largest absolute Gasteiger partial charge is 0.725 e. The minimum absolute atomic E-state index is 0.109. The van der Waals surface area contributed by atoms with Crippen molar-refractivity contribution in [1.29, 1.82) is 0 Å². The molecule has 8 nitrogen and oxygen atoms in total.